The van der Waals surface area contributed by atoms with E-state index in [-0.39, 0.29) is 22.0 Å². The molecule has 0 fully saturated rings. The molecule has 4 rings (SSSR count). The Labute approximate surface area is 160 Å². The van der Waals surface area contributed by atoms with Gasteiger partial charge in [-0.15, -0.1) is 0 Å². The van der Waals surface area contributed by atoms with Gasteiger partial charge in [0.1, 0.15) is 6.54 Å². The van der Waals surface area contributed by atoms with Gasteiger partial charge in [0.2, 0.25) is 15.7 Å². The molecule has 0 saturated carbocycles. The first kappa shape index (κ1) is 18.1. The van der Waals surface area contributed by atoms with Crippen LogP contribution in [0.15, 0.2) is 76.5 Å². The third-order valence-electron chi connectivity index (χ3n) is 4.40. The van der Waals surface area contributed by atoms with Crippen LogP contribution in [-0.2, 0) is 14.6 Å². The van der Waals surface area contributed by atoms with Crippen molar-refractivity contribution >= 4 is 32.8 Å². The van der Waals surface area contributed by atoms with Crippen molar-refractivity contribution in [2.24, 2.45) is 0 Å². The van der Waals surface area contributed by atoms with E-state index in [0.29, 0.717) is 11.4 Å². The molecule has 1 aliphatic heterocycles. The van der Waals surface area contributed by atoms with Crippen molar-refractivity contribution in [3.8, 4) is 0 Å². The first-order chi connectivity index (χ1) is 13.4. The van der Waals surface area contributed by atoms with Crippen LogP contribution in [0.1, 0.15) is 0 Å². The van der Waals surface area contributed by atoms with E-state index in [9.17, 15) is 22.0 Å². The van der Waals surface area contributed by atoms with Crippen LogP contribution >= 0.6 is 0 Å². The predicted octanol–water partition coefficient (Wildman–Crippen LogP) is 3.89. The van der Waals surface area contributed by atoms with Crippen LogP contribution in [0.3, 0.4) is 0 Å². The van der Waals surface area contributed by atoms with Gasteiger partial charge >= 0.3 is 0 Å². The summed E-state index contributed by atoms with van der Waals surface area (Å²) in [7, 11) is -3.70. The Hall–Kier alpha value is -3.26. The zero-order chi connectivity index (χ0) is 19.9. The Bertz CT molecular complexity index is 1140. The van der Waals surface area contributed by atoms with Crippen LogP contribution in [0, 0.1) is 11.6 Å². The molecule has 0 spiro atoms. The lowest BCUT2D eigenvalue weighted by molar-refractivity contribution is -0.114. The van der Waals surface area contributed by atoms with Gasteiger partial charge in [-0.1, -0.05) is 24.3 Å². The van der Waals surface area contributed by atoms with Crippen LogP contribution in [0.5, 0.6) is 0 Å². The number of carbonyl (C=O) groups excluding carboxylic acids is 1. The van der Waals surface area contributed by atoms with E-state index in [1.54, 1.807) is 41.3 Å². The number of rotatable bonds is 3. The fourth-order valence-corrected chi connectivity index (χ4v) is 4.81. The van der Waals surface area contributed by atoms with Crippen LogP contribution < -0.4 is 10.2 Å². The number of hydrogen-bond donors (Lipinski definition) is 1. The number of nitrogens with one attached hydrogen (secondary N) is 1. The van der Waals surface area contributed by atoms with Crippen molar-refractivity contribution in [1.29, 1.82) is 0 Å². The molecule has 3 aromatic rings. The Morgan fingerprint density at radius 2 is 1.43 bits per heavy atom. The molecule has 5 nitrogen and oxygen atoms in total. The number of hydrogen-bond acceptors (Lipinski definition) is 4. The smallest absolute Gasteiger partial charge is 0.244 e. The standard InChI is InChI=1S/C20H14F2N2O3S/c21-14-10-9-13(11-15(14)22)23-20(25)12-24-16-5-1-3-7-18(16)28(26,27)19-8-4-2-6-17(19)24/h1-11H,12H2,(H,23,25). The zero-order valence-electron chi connectivity index (χ0n) is 14.4. The maximum Gasteiger partial charge on any atom is 0.244 e. The normalized spacial score (nSPS) is 14.1. The SMILES string of the molecule is O=C(CN1c2ccccc2S(=O)(=O)c2ccccc21)Nc1ccc(F)c(F)c1. The van der Waals surface area contributed by atoms with E-state index in [2.05, 4.69) is 5.32 Å². The van der Waals surface area contributed by atoms with Crippen LogP contribution in [-0.4, -0.2) is 20.9 Å². The van der Waals surface area contributed by atoms with Gasteiger partial charge in [-0.3, -0.25) is 4.79 Å². The second-order valence-electron chi connectivity index (χ2n) is 6.20. The Balaban J connectivity index is 1.70. The maximum atomic E-state index is 13.4. The minimum absolute atomic E-state index is 0.106. The highest BCUT2D eigenvalue weighted by molar-refractivity contribution is 7.92. The minimum atomic E-state index is -3.70. The summed E-state index contributed by atoms with van der Waals surface area (Å²) >= 11 is 0. The molecule has 1 amide bonds. The molecular formula is C20H14F2N2O3S. The van der Waals surface area contributed by atoms with Crippen molar-refractivity contribution < 1.29 is 22.0 Å². The fraction of sp³-hybridized carbons (Fsp3) is 0.0500. The first-order valence-electron chi connectivity index (χ1n) is 8.33. The van der Waals surface area contributed by atoms with Gasteiger partial charge in [0.15, 0.2) is 11.6 Å². The summed E-state index contributed by atoms with van der Waals surface area (Å²) < 4.78 is 52.2. The van der Waals surface area contributed by atoms with Crippen molar-refractivity contribution in [3.63, 3.8) is 0 Å². The summed E-state index contributed by atoms with van der Waals surface area (Å²) in [6.45, 7) is -0.206. The second-order valence-corrected chi connectivity index (χ2v) is 8.09. The molecule has 0 atom stereocenters. The lowest BCUT2D eigenvalue weighted by atomic mass is 10.2. The van der Waals surface area contributed by atoms with Crippen LogP contribution in [0.2, 0.25) is 0 Å². The largest absolute Gasteiger partial charge is 0.330 e. The molecule has 1 N–H and O–H groups in total. The van der Waals surface area contributed by atoms with Gasteiger partial charge in [0.25, 0.3) is 0 Å². The van der Waals surface area contributed by atoms with Gasteiger partial charge in [-0.2, -0.15) is 0 Å². The molecule has 1 aliphatic rings. The summed E-state index contributed by atoms with van der Waals surface area (Å²) in [6.07, 6.45) is 0. The summed E-state index contributed by atoms with van der Waals surface area (Å²) in [4.78, 5) is 14.3. The lowest BCUT2D eigenvalue weighted by Crippen LogP contribution is -2.33. The number of anilines is 3. The number of sulfone groups is 1. The van der Waals surface area contributed by atoms with Crippen molar-refractivity contribution in [3.05, 3.63) is 78.4 Å². The highest BCUT2D eigenvalue weighted by Gasteiger charge is 2.34. The van der Waals surface area contributed by atoms with Crippen LogP contribution in [0.25, 0.3) is 0 Å². The number of fused-ring (bicyclic) bond motifs is 2. The third-order valence-corrected chi connectivity index (χ3v) is 6.24. The zero-order valence-corrected chi connectivity index (χ0v) is 15.2. The molecule has 3 aromatic carbocycles. The van der Waals surface area contributed by atoms with E-state index in [1.165, 1.54) is 18.2 Å². The van der Waals surface area contributed by atoms with E-state index in [4.69, 9.17) is 0 Å². The molecule has 0 unspecified atom stereocenters. The predicted molar refractivity (Wildman–Crippen MR) is 100 cm³/mol. The van der Waals surface area contributed by atoms with Gasteiger partial charge in [0, 0.05) is 11.8 Å². The first-order valence-corrected chi connectivity index (χ1v) is 9.82. The van der Waals surface area contributed by atoms with E-state index in [1.807, 2.05) is 0 Å². The second kappa shape index (κ2) is 6.72. The molecule has 1 heterocycles. The molecule has 0 radical (unpaired) electrons. The Morgan fingerprint density at radius 1 is 0.857 bits per heavy atom. The summed E-state index contributed by atoms with van der Waals surface area (Å²) in [5.41, 5.74) is 0.860. The average Bonchev–Trinajstić information content (AvgIpc) is 2.68. The number of benzene rings is 3. The van der Waals surface area contributed by atoms with Gasteiger partial charge in [-0.25, -0.2) is 17.2 Å². The highest BCUT2D eigenvalue weighted by atomic mass is 32.2. The molecule has 28 heavy (non-hydrogen) atoms. The summed E-state index contributed by atoms with van der Waals surface area (Å²) in [5.74, 6) is -2.59. The number of carbonyl (C=O) groups is 1. The van der Waals surface area contributed by atoms with Gasteiger partial charge in [-0.05, 0) is 36.4 Å². The minimum Gasteiger partial charge on any atom is -0.330 e. The molecule has 0 aliphatic carbocycles. The number of nitrogens with zero attached hydrogens (tertiary/aromatic N) is 1. The quantitative estimate of drug-likeness (QED) is 0.725. The molecular weight excluding hydrogens is 386 g/mol. The summed E-state index contributed by atoms with van der Waals surface area (Å²) in [6, 6.07) is 15.9. The molecule has 0 saturated heterocycles. The molecule has 0 aromatic heterocycles. The van der Waals surface area contributed by atoms with Crippen molar-refractivity contribution in [1.82, 2.24) is 0 Å². The third kappa shape index (κ3) is 3.01. The van der Waals surface area contributed by atoms with Crippen molar-refractivity contribution in [2.45, 2.75) is 9.79 Å². The Kier molecular flexibility index (Phi) is 4.35. The topological polar surface area (TPSA) is 66.5 Å². The van der Waals surface area contributed by atoms with Crippen LogP contribution in [0.4, 0.5) is 25.8 Å². The number of para-hydroxylation sites is 2. The Morgan fingerprint density at radius 3 is 2.00 bits per heavy atom. The van der Waals surface area contributed by atoms with E-state index >= 15 is 0 Å². The highest BCUT2D eigenvalue weighted by Crippen LogP contribution is 2.43. The summed E-state index contributed by atoms with van der Waals surface area (Å²) in [5, 5.41) is 2.50. The fourth-order valence-electron chi connectivity index (χ4n) is 3.15. The average molecular weight is 400 g/mol. The molecule has 8 heteroatoms. The lowest BCUT2D eigenvalue weighted by Gasteiger charge is -2.32. The monoisotopic (exact) mass is 400 g/mol. The van der Waals surface area contributed by atoms with Gasteiger partial charge in [0.05, 0.1) is 21.2 Å². The number of amides is 1. The number of halogens is 2. The van der Waals surface area contributed by atoms with Crippen molar-refractivity contribution in [2.75, 3.05) is 16.8 Å². The molecule has 142 valence electrons. The molecule has 0 bridgehead atoms. The van der Waals surface area contributed by atoms with Gasteiger partial charge < -0.3 is 10.2 Å². The van der Waals surface area contributed by atoms with E-state index in [0.717, 1.165) is 12.1 Å². The van der Waals surface area contributed by atoms with E-state index < -0.39 is 27.4 Å². The maximum absolute atomic E-state index is 13.4.